The molecule has 0 spiro atoms. The summed E-state index contributed by atoms with van der Waals surface area (Å²) >= 11 is 0. The number of aromatic nitrogens is 1. The number of hydrogen-bond acceptors (Lipinski definition) is 2. The van der Waals surface area contributed by atoms with Gasteiger partial charge in [0.15, 0.2) is 0 Å². The van der Waals surface area contributed by atoms with Crippen LogP contribution in [0.5, 0.6) is 0 Å². The SMILES string of the molecule is Cc1ccc2c(c1)CCN(C(=O)c1ccc(F)cc1)C2c1cccnc1. The summed E-state index contributed by atoms with van der Waals surface area (Å²) < 4.78 is 13.2. The molecule has 2 heterocycles. The molecule has 2 aromatic carbocycles. The molecule has 0 aliphatic carbocycles. The molecule has 1 unspecified atom stereocenters. The zero-order valence-electron chi connectivity index (χ0n) is 14.5. The number of carbonyl (C=O) groups is 1. The minimum absolute atomic E-state index is 0.0925. The number of aryl methyl sites for hydroxylation is 1. The average molecular weight is 346 g/mol. The van der Waals surface area contributed by atoms with Gasteiger partial charge in [0.05, 0.1) is 6.04 Å². The lowest BCUT2D eigenvalue weighted by atomic mass is 9.87. The van der Waals surface area contributed by atoms with Crippen molar-refractivity contribution in [3.05, 3.63) is 101 Å². The molecule has 0 saturated heterocycles. The number of fused-ring (bicyclic) bond motifs is 1. The van der Waals surface area contributed by atoms with Crippen LogP contribution < -0.4 is 0 Å². The molecule has 1 aromatic heterocycles. The van der Waals surface area contributed by atoms with Crippen LogP contribution in [0.4, 0.5) is 4.39 Å². The molecule has 1 aliphatic rings. The average Bonchev–Trinajstić information content (AvgIpc) is 2.67. The largest absolute Gasteiger partial charge is 0.327 e. The maximum Gasteiger partial charge on any atom is 0.254 e. The summed E-state index contributed by atoms with van der Waals surface area (Å²) in [6.07, 6.45) is 4.35. The van der Waals surface area contributed by atoms with Gasteiger partial charge in [0.25, 0.3) is 5.91 Å². The maximum atomic E-state index is 13.2. The third-order valence-electron chi connectivity index (χ3n) is 4.88. The van der Waals surface area contributed by atoms with Gasteiger partial charge in [-0.25, -0.2) is 4.39 Å². The zero-order valence-corrected chi connectivity index (χ0v) is 14.5. The predicted octanol–water partition coefficient (Wildman–Crippen LogP) is 4.32. The van der Waals surface area contributed by atoms with Crippen molar-refractivity contribution >= 4 is 5.91 Å². The van der Waals surface area contributed by atoms with E-state index in [0.717, 1.165) is 17.5 Å². The molecule has 1 aliphatic heterocycles. The van der Waals surface area contributed by atoms with E-state index < -0.39 is 0 Å². The van der Waals surface area contributed by atoms with Crippen molar-refractivity contribution in [1.82, 2.24) is 9.88 Å². The number of carbonyl (C=O) groups excluding carboxylic acids is 1. The molecule has 4 heteroatoms. The third-order valence-corrected chi connectivity index (χ3v) is 4.88. The van der Waals surface area contributed by atoms with Gasteiger partial charge in [0, 0.05) is 24.5 Å². The van der Waals surface area contributed by atoms with Crippen LogP contribution in [-0.4, -0.2) is 22.3 Å². The Morgan fingerprint density at radius 2 is 1.96 bits per heavy atom. The predicted molar refractivity (Wildman–Crippen MR) is 98.4 cm³/mol. The van der Waals surface area contributed by atoms with E-state index in [1.54, 1.807) is 18.3 Å². The van der Waals surface area contributed by atoms with E-state index in [9.17, 15) is 9.18 Å². The minimum atomic E-state index is -0.343. The van der Waals surface area contributed by atoms with E-state index in [0.29, 0.717) is 12.1 Å². The number of halogens is 1. The maximum absolute atomic E-state index is 13.2. The van der Waals surface area contributed by atoms with E-state index in [1.807, 2.05) is 23.2 Å². The van der Waals surface area contributed by atoms with Gasteiger partial charge < -0.3 is 4.90 Å². The van der Waals surface area contributed by atoms with Gasteiger partial charge in [-0.15, -0.1) is 0 Å². The number of amides is 1. The van der Waals surface area contributed by atoms with Gasteiger partial charge in [0.1, 0.15) is 5.82 Å². The van der Waals surface area contributed by atoms with Crippen LogP contribution in [0.3, 0.4) is 0 Å². The van der Waals surface area contributed by atoms with Crippen molar-refractivity contribution in [2.75, 3.05) is 6.54 Å². The Morgan fingerprint density at radius 3 is 2.69 bits per heavy atom. The van der Waals surface area contributed by atoms with Crippen LogP contribution in [0.2, 0.25) is 0 Å². The van der Waals surface area contributed by atoms with E-state index in [2.05, 4.69) is 30.1 Å². The second kappa shape index (κ2) is 6.71. The Bertz CT molecular complexity index is 938. The van der Waals surface area contributed by atoms with Crippen molar-refractivity contribution in [2.45, 2.75) is 19.4 Å². The Morgan fingerprint density at radius 1 is 1.15 bits per heavy atom. The number of nitrogens with zero attached hydrogens (tertiary/aromatic N) is 2. The normalized spacial score (nSPS) is 16.2. The Balaban J connectivity index is 1.79. The first-order valence-electron chi connectivity index (χ1n) is 8.69. The molecule has 0 saturated carbocycles. The first-order valence-corrected chi connectivity index (χ1v) is 8.69. The van der Waals surface area contributed by atoms with Crippen LogP contribution in [0.15, 0.2) is 67.0 Å². The smallest absolute Gasteiger partial charge is 0.254 e. The molecule has 0 bridgehead atoms. The summed E-state index contributed by atoms with van der Waals surface area (Å²) in [5.41, 5.74) is 5.09. The second-order valence-corrected chi connectivity index (χ2v) is 6.65. The third kappa shape index (κ3) is 2.99. The molecular weight excluding hydrogens is 327 g/mol. The Kier molecular flexibility index (Phi) is 4.25. The van der Waals surface area contributed by atoms with Crippen molar-refractivity contribution < 1.29 is 9.18 Å². The van der Waals surface area contributed by atoms with E-state index in [1.165, 1.54) is 23.3 Å². The minimum Gasteiger partial charge on any atom is -0.327 e. The van der Waals surface area contributed by atoms with Gasteiger partial charge >= 0.3 is 0 Å². The van der Waals surface area contributed by atoms with Gasteiger partial charge in [-0.05, 0) is 60.4 Å². The molecule has 130 valence electrons. The van der Waals surface area contributed by atoms with Gasteiger partial charge in [0.2, 0.25) is 0 Å². The topological polar surface area (TPSA) is 33.2 Å². The lowest BCUT2D eigenvalue weighted by Crippen LogP contribution is -2.40. The summed E-state index contributed by atoms with van der Waals surface area (Å²) in [7, 11) is 0. The summed E-state index contributed by atoms with van der Waals surface area (Å²) in [5, 5.41) is 0. The molecule has 0 N–H and O–H groups in total. The Hall–Kier alpha value is -3.01. The molecular formula is C22H19FN2O. The van der Waals surface area contributed by atoms with E-state index in [4.69, 9.17) is 0 Å². The van der Waals surface area contributed by atoms with E-state index >= 15 is 0 Å². The number of hydrogen-bond donors (Lipinski definition) is 0. The van der Waals surface area contributed by atoms with Crippen molar-refractivity contribution in [3.8, 4) is 0 Å². The van der Waals surface area contributed by atoms with Crippen LogP contribution in [-0.2, 0) is 6.42 Å². The summed E-state index contributed by atoms with van der Waals surface area (Å²) in [4.78, 5) is 19.3. The van der Waals surface area contributed by atoms with Crippen molar-refractivity contribution in [1.29, 1.82) is 0 Å². The van der Waals surface area contributed by atoms with Crippen LogP contribution in [0, 0.1) is 12.7 Å². The first-order chi connectivity index (χ1) is 12.6. The number of rotatable bonds is 2. The molecule has 3 nitrogen and oxygen atoms in total. The lowest BCUT2D eigenvalue weighted by Gasteiger charge is -2.38. The highest BCUT2D eigenvalue weighted by Crippen LogP contribution is 2.36. The fraction of sp³-hybridized carbons (Fsp3) is 0.182. The molecule has 26 heavy (non-hydrogen) atoms. The summed E-state index contributed by atoms with van der Waals surface area (Å²) in [6, 6.07) is 15.8. The standard InChI is InChI=1S/C22H19FN2O/c1-15-4-9-20-17(13-15)10-12-25(21(20)18-3-2-11-24-14-18)22(26)16-5-7-19(23)8-6-16/h2-9,11,13-14,21H,10,12H2,1H3. The number of benzene rings is 2. The molecule has 4 rings (SSSR count). The zero-order chi connectivity index (χ0) is 18.1. The monoisotopic (exact) mass is 346 g/mol. The van der Waals surface area contributed by atoms with Crippen molar-refractivity contribution in [3.63, 3.8) is 0 Å². The summed E-state index contributed by atoms with van der Waals surface area (Å²) in [5.74, 6) is -0.435. The van der Waals surface area contributed by atoms with Crippen LogP contribution in [0.1, 0.15) is 38.7 Å². The molecule has 3 aromatic rings. The second-order valence-electron chi connectivity index (χ2n) is 6.65. The molecule has 1 atom stereocenters. The highest BCUT2D eigenvalue weighted by atomic mass is 19.1. The van der Waals surface area contributed by atoms with Crippen LogP contribution >= 0.6 is 0 Å². The fourth-order valence-electron chi connectivity index (χ4n) is 3.63. The molecule has 1 amide bonds. The first kappa shape index (κ1) is 16.5. The van der Waals surface area contributed by atoms with Crippen molar-refractivity contribution in [2.24, 2.45) is 0 Å². The Labute approximate surface area is 152 Å². The lowest BCUT2D eigenvalue weighted by molar-refractivity contribution is 0.0694. The highest BCUT2D eigenvalue weighted by Gasteiger charge is 2.32. The summed E-state index contributed by atoms with van der Waals surface area (Å²) in [6.45, 7) is 2.70. The van der Waals surface area contributed by atoms with E-state index in [-0.39, 0.29) is 17.8 Å². The quantitative estimate of drug-likeness (QED) is 0.692. The number of pyridine rings is 1. The van der Waals surface area contributed by atoms with Gasteiger partial charge in [-0.1, -0.05) is 29.8 Å². The fourth-order valence-corrected chi connectivity index (χ4v) is 3.63. The van der Waals surface area contributed by atoms with Crippen LogP contribution in [0.25, 0.3) is 0 Å². The molecule has 0 fully saturated rings. The van der Waals surface area contributed by atoms with Gasteiger partial charge in [-0.2, -0.15) is 0 Å². The highest BCUT2D eigenvalue weighted by molar-refractivity contribution is 5.95. The van der Waals surface area contributed by atoms with Gasteiger partial charge in [-0.3, -0.25) is 9.78 Å². The molecule has 0 radical (unpaired) electrons.